The van der Waals surface area contributed by atoms with Crippen molar-refractivity contribution < 1.29 is 0 Å². The molecule has 0 amide bonds. The number of hydrogen-bond acceptors (Lipinski definition) is 2. The van der Waals surface area contributed by atoms with Crippen LogP contribution in [0.15, 0.2) is 64.9 Å². The minimum absolute atomic E-state index is 0.610. The van der Waals surface area contributed by atoms with E-state index in [0.29, 0.717) is 17.0 Å². The topological polar surface area (TPSA) is 6.48 Å². The normalized spacial score (nSPS) is 15.5. The van der Waals surface area contributed by atoms with E-state index in [4.69, 9.17) is 23.2 Å². The summed E-state index contributed by atoms with van der Waals surface area (Å²) in [7, 11) is 1.95. The van der Waals surface area contributed by atoms with Crippen LogP contribution in [0, 0.1) is 0 Å². The summed E-state index contributed by atoms with van der Waals surface area (Å²) < 4.78 is 0. The van der Waals surface area contributed by atoms with Gasteiger partial charge in [0.15, 0.2) is 0 Å². The van der Waals surface area contributed by atoms with Crippen LogP contribution in [0.3, 0.4) is 0 Å². The summed E-state index contributed by atoms with van der Waals surface area (Å²) in [6.07, 6.45) is 0. The van der Waals surface area contributed by atoms with Crippen LogP contribution >= 0.6 is 23.2 Å². The molecule has 1 aliphatic heterocycles. The highest BCUT2D eigenvalue weighted by molar-refractivity contribution is 6.38. The minimum Gasteiger partial charge on any atom is -0.345 e. The summed E-state index contributed by atoms with van der Waals surface area (Å²) in [6, 6.07) is 19.9. The Morgan fingerprint density at radius 3 is 1.92 bits per heavy atom. The lowest BCUT2D eigenvalue weighted by atomic mass is 9.93. The molecule has 0 aliphatic carbocycles. The first kappa shape index (κ1) is 15.1. The second kappa shape index (κ2) is 5.42. The van der Waals surface area contributed by atoms with Gasteiger partial charge in [0.05, 0.1) is 6.67 Å². The molecule has 0 fully saturated rings. The molecule has 1 heterocycles. The average Bonchev–Trinajstić information content (AvgIpc) is 2.86. The Hall–Kier alpha value is -2.16. The van der Waals surface area contributed by atoms with Crippen molar-refractivity contribution in [3.05, 3.63) is 70.5 Å². The maximum absolute atomic E-state index is 6.37. The largest absolute Gasteiger partial charge is 0.345 e. The lowest BCUT2D eigenvalue weighted by Crippen LogP contribution is -2.23. The van der Waals surface area contributed by atoms with E-state index in [9.17, 15) is 0 Å². The van der Waals surface area contributed by atoms with Crippen molar-refractivity contribution in [2.75, 3.05) is 13.7 Å². The molecular formula is C21H16Cl2N2. The third kappa shape index (κ3) is 2.25. The van der Waals surface area contributed by atoms with Gasteiger partial charge in [-0.3, -0.25) is 0 Å². The van der Waals surface area contributed by atoms with Crippen molar-refractivity contribution in [1.82, 2.24) is 9.80 Å². The van der Waals surface area contributed by atoms with E-state index >= 15 is 0 Å². The van der Waals surface area contributed by atoms with Gasteiger partial charge < -0.3 is 9.80 Å². The van der Waals surface area contributed by atoms with Gasteiger partial charge in [-0.15, -0.1) is 0 Å². The van der Waals surface area contributed by atoms with Crippen LogP contribution in [0.25, 0.3) is 32.3 Å². The van der Waals surface area contributed by atoms with Gasteiger partial charge in [-0.2, -0.15) is 0 Å². The minimum atomic E-state index is 0.610. The number of benzene rings is 4. The first-order valence-electron chi connectivity index (χ1n) is 8.29. The highest BCUT2D eigenvalue weighted by atomic mass is 35.5. The molecule has 0 saturated heterocycles. The molecule has 124 valence electrons. The van der Waals surface area contributed by atoms with Crippen molar-refractivity contribution in [2.45, 2.75) is 6.54 Å². The van der Waals surface area contributed by atoms with Gasteiger partial charge in [0.2, 0.25) is 0 Å². The fourth-order valence-electron chi connectivity index (χ4n) is 3.92. The van der Waals surface area contributed by atoms with Crippen LogP contribution in [0.5, 0.6) is 0 Å². The lowest BCUT2D eigenvalue weighted by Gasteiger charge is -2.20. The summed E-state index contributed by atoms with van der Waals surface area (Å²) >= 11 is 12.6. The predicted molar refractivity (Wildman–Crippen MR) is 107 cm³/mol. The summed E-state index contributed by atoms with van der Waals surface area (Å²) in [5.41, 5.74) is 1.24. The molecular weight excluding hydrogens is 351 g/mol. The Bertz CT molecular complexity index is 1090. The molecule has 5 rings (SSSR count). The number of halogens is 2. The van der Waals surface area contributed by atoms with E-state index in [2.05, 4.69) is 59.5 Å². The van der Waals surface area contributed by atoms with Gasteiger partial charge in [-0.25, -0.2) is 0 Å². The predicted octanol–water partition coefficient (Wildman–Crippen LogP) is 5.89. The van der Waals surface area contributed by atoms with Crippen LogP contribution in [-0.4, -0.2) is 23.5 Å². The van der Waals surface area contributed by atoms with Gasteiger partial charge in [-0.1, -0.05) is 65.7 Å². The zero-order valence-electron chi connectivity index (χ0n) is 13.8. The van der Waals surface area contributed by atoms with Crippen molar-refractivity contribution in [3.63, 3.8) is 0 Å². The van der Waals surface area contributed by atoms with E-state index in [1.807, 2.05) is 11.9 Å². The Kier molecular flexibility index (Phi) is 3.28. The molecule has 0 aromatic heterocycles. The maximum atomic E-state index is 6.37. The maximum Gasteiger partial charge on any atom is 0.142 e. The number of hydrogen-bond donors (Lipinski definition) is 0. The number of rotatable bonds is 2. The lowest BCUT2D eigenvalue weighted by molar-refractivity contribution is 0.283. The van der Waals surface area contributed by atoms with Crippen molar-refractivity contribution in [3.8, 4) is 0 Å². The molecule has 4 heteroatoms. The van der Waals surface area contributed by atoms with Gasteiger partial charge in [-0.05, 0) is 50.0 Å². The molecule has 0 bridgehead atoms. The fraction of sp³-hybridized carbons (Fsp3) is 0.143. The molecule has 0 saturated carbocycles. The van der Waals surface area contributed by atoms with Crippen molar-refractivity contribution >= 4 is 55.5 Å². The SMILES string of the molecule is CN1CN(Cc2cc3ccc4cccc5ccc(c2)c3c45)C(Cl)=C1Cl. The molecule has 2 nitrogen and oxygen atoms in total. The van der Waals surface area contributed by atoms with E-state index in [1.165, 1.54) is 37.9 Å². The Morgan fingerprint density at radius 1 is 0.800 bits per heavy atom. The molecule has 4 aromatic rings. The van der Waals surface area contributed by atoms with Crippen molar-refractivity contribution in [2.24, 2.45) is 0 Å². The molecule has 0 atom stereocenters. The molecule has 1 aliphatic rings. The highest BCUT2D eigenvalue weighted by Crippen LogP contribution is 2.36. The Labute approximate surface area is 156 Å². The molecule has 0 radical (unpaired) electrons. The Balaban J connectivity index is 1.66. The molecule has 25 heavy (non-hydrogen) atoms. The summed E-state index contributed by atoms with van der Waals surface area (Å²) in [4.78, 5) is 4.05. The monoisotopic (exact) mass is 366 g/mol. The van der Waals surface area contributed by atoms with Crippen LogP contribution in [0.4, 0.5) is 0 Å². The smallest absolute Gasteiger partial charge is 0.142 e. The van der Waals surface area contributed by atoms with Crippen LogP contribution < -0.4 is 0 Å². The first-order chi connectivity index (χ1) is 12.1. The van der Waals surface area contributed by atoms with Crippen LogP contribution in [0.1, 0.15) is 5.56 Å². The van der Waals surface area contributed by atoms with E-state index < -0.39 is 0 Å². The van der Waals surface area contributed by atoms with Gasteiger partial charge in [0, 0.05) is 13.6 Å². The third-order valence-electron chi connectivity index (χ3n) is 5.06. The van der Waals surface area contributed by atoms with Gasteiger partial charge in [0.25, 0.3) is 0 Å². The van der Waals surface area contributed by atoms with Crippen LogP contribution in [-0.2, 0) is 6.54 Å². The molecule has 0 N–H and O–H groups in total. The standard InChI is InChI=1S/C21H16Cl2N2/c1-24-12-25(21(23)20(24)22)11-13-9-16-7-5-14-3-2-4-15-6-8-17(10-13)19(16)18(14)15/h2-10H,11-12H2,1H3. The van der Waals surface area contributed by atoms with Gasteiger partial charge >= 0.3 is 0 Å². The quantitative estimate of drug-likeness (QED) is 0.322. The van der Waals surface area contributed by atoms with Gasteiger partial charge in [0.1, 0.15) is 10.3 Å². The van der Waals surface area contributed by atoms with E-state index in [-0.39, 0.29) is 0 Å². The summed E-state index contributed by atoms with van der Waals surface area (Å²) in [6.45, 7) is 1.46. The summed E-state index contributed by atoms with van der Waals surface area (Å²) in [5.74, 6) is 0. The second-order valence-electron chi connectivity index (χ2n) is 6.75. The molecule has 4 aromatic carbocycles. The third-order valence-corrected chi connectivity index (χ3v) is 6.04. The zero-order valence-corrected chi connectivity index (χ0v) is 15.3. The number of nitrogens with zero attached hydrogens (tertiary/aromatic N) is 2. The zero-order chi connectivity index (χ0) is 17.1. The van der Waals surface area contributed by atoms with Crippen molar-refractivity contribution in [1.29, 1.82) is 0 Å². The average molecular weight is 367 g/mol. The summed E-state index contributed by atoms with van der Waals surface area (Å²) in [5, 5.41) is 9.06. The highest BCUT2D eigenvalue weighted by Gasteiger charge is 2.24. The van der Waals surface area contributed by atoms with E-state index in [1.54, 1.807) is 0 Å². The molecule has 0 unspecified atom stereocenters. The Morgan fingerprint density at radius 2 is 1.36 bits per heavy atom. The molecule has 0 spiro atoms. The first-order valence-corrected chi connectivity index (χ1v) is 9.05. The second-order valence-corrected chi connectivity index (χ2v) is 7.46. The fourth-order valence-corrected chi connectivity index (χ4v) is 4.35. The van der Waals surface area contributed by atoms with Crippen LogP contribution in [0.2, 0.25) is 0 Å². The van der Waals surface area contributed by atoms with E-state index in [0.717, 1.165) is 6.54 Å².